The normalized spacial score (nSPS) is 20.7. The van der Waals surface area contributed by atoms with Crippen LogP contribution in [0.5, 0.6) is 11.5 Å². The summed E-state index contributed by atoms with van der Waals surface area (Å²) in [6.07, 6.45) is 9.14. The second kappa shape index (κ2) is 9.79. The molecule has 2 heterocycles. The fraction of sp³-hybridized carbons (Fsp3) is 0.400. The van der Waals surface area contributed by atoms with Gasteiger partial charge >= 0.3 is 0 Å². The van der Waals surface area contributed by atoms with Crippen LogP contribution in [0.15, 0.2) is 21.5 Å². The maximum Gasteiger partial charge on any atom is 0.266 e. The largest absolute Gasteiger partial charge is 0.490 e. The molecule has 1 aromatic carbocycles. The van der Waals surface area contributed by atoms with Crippen molar-refractivity contribution in [2.45, 2.75) is 25.9 Å². The molecule has 0 spiro atoms. The van der Waals surface area contributed by atoms with Crippen LogP contribution in [0, 0.1) is 12.3 Å². The smallest absolute Gasteiger partial charge is 0.266 e. The van der Waals surface area contributed by atoms with Gasteiger partial charge in [-0.1, -0.05) is 29.9 Å². The molecule has 0 saturated carbocycles. The van der Waals surface area contributed by atoms with Crippen LogP contribution in [-0.2, 0) is 9.53 Å². The SMILES string of the molecule is C#CCOc1c(Br)cc(/C=C2\SC(=S)N(C[C@@H]3CCCO3)C2=O)cc1OCC. The average molecular weight is 482 g/mol. The van der Waals surface area contributed by atoms with E-state index in [1.165, 1.54) is 11.8 Å². The van der Waals surface area contributed by atoms with E-state index in [1.807, 2.05) is 25.1 Å². The average Bonchev–Trinajstić information content (AvgIpc) is 3.26. The van der Waals surface area contributed by atoms with Crippen molar-refractivity contribution in [1.29, 1.82) is 0 Å². The maximum absolute atomic E-state index is 12.8. The van der Waals surface area contributed by atoms with Crippen LogP contribution in [0.25, 0.3) is 6.08 Å². The van der Waals surface area contributed by atoms with E-state index < -0.39 is 0 Å². The number of hydrogen-bond donors (Lipinski definition) is 0. The highest BCUT2D eigenvalue weighted by Gasteiger charge is 2.34. The highest BCUT2D eigenvalue weighted by molar-refractivity contribution is 9.10. The van der Waals surface area contributed by atoms with E-state index in [2.05, 4.69) is 21.9 Å². The van der Waals surface area contributed by atoms with Crippen LogP contribution < -0.4 is 9.47 Å². The standard InChI is InChI=1S/C20H20BrNO4S2/c1-3-7-26-18-15(21)9-13(10-16(18)24-4-2)11-17-19(23)22(20(27)28-17)12-14-6-5-8-25-14/h1,9-11,14H,4-8,12H2,2H3/b17-11-/t14-/m0/s1. The lowest BCUT2D eigenvalue weighted by molar-refractivity contribution is -0.123. The number of ether oxygens (including phenoxy) is 3. The molecule has 3 rings (SSSR count). The zero-order valence-electron chi connectivity index (χ0n) is 15.4. The Bertz CT molecular complexity index is 843. The van der Waals surface area contributed by atoms with Crippen molar-refractivity contribution in [2.75, 3.05) is 26.4 Å². The molecule has 5 nitrogen and oxygen atoms in total. The molecular formula is C20H20BrNO4S2. The maximum atomic E-state index is 12.8. The highest BCUT2D eigenvalue weighted by Crippen LogP contribution is 2.39. The van der Waals surface area contributed by atoms with Gasteiger partial charge in [0, 0.05) is 6.61 Å². The van der Waals surface area contributed by atoms with E-state index >= 15 is 0 Å². The number of hydrogen-bond acceptors (Lipinski definition) is 6. The van der Waals surface area contributed by atoms with Crippen molar-refractivity contribution in [1.82, 2.24) is 4.90 Å². The Balaban J connectivity index is 1.83. The Morgan fingerprint density at radius 1 is 1.50 bits per heavy atom. The van der Waals surface area contributed by atoms with E-state index in [9.17, 15) is 4.79 Å². The first-order valence-corrected chi connectivity index (χ1v) is 10.9. The molecule has 148 valence electrons. The summed E-state index contributed by atoms with van der Waals surface area (Å²) in [5, 5.41) is 0. The number of thioether (sulfide) groups is 1. The molecule has 1 amide bonds. The third kappa shape index (κ3) is 4.90. The summed E-state index contributed by atoms with van der Waals surface area (Å²) < 4.78 is 18.2. The molecule has 2 fully saturated rings. The molecule has 0 aromatic heterocycles. The second-order valence-corrected chi connectivity index (χ2v) is 8.71. The number of carbonyl (C=O) groups is 1. The van der Waals surface area contributed by atoms with Crippen LogP contribution in [-0.4, -0.2) is 47.6 Å². The van der Waals surface area contributed by atoms with Gasteiger partial charge in [-0.3, -0.25) is 9.69 Å². The number of terminal acetylenes is 1. The Morgan fingerprint density at radius 2 is 2.32 bits per heavy atom. The van der Waals surface area contributed by atoms with Crippen molar-refractivity contribution in [3.63, 3.8) is 0 Å². The van der Waals surface area contributed by atoms with Crippen LogP contribution in [0.4, 0.5) is 0 Å². The van der Waals surface area contributed by atoms with Crippen LogP contribution in [0.3, 0.4) is 0 Å². The Hall–Kier alpha value is -1.53. The number of thiocarbonyl (C=S) groups is 1. The van der Waals surface area contributed by atoms with Gasteiger partial charge < -0.3 is 14.2 Å². The fourth-order valence-electron chi connectivity index (χ4n) is 2.99. The van der Waals surface area contributed by atoms with Crippen molar-refractivity contribution in [3.8, 4) is 23.8 Å². The number of benzene rings is 1. The van der Waals surface area contributed by atoms with Gasteiger partial charge in [0.1, 0.15) is 10.9 Å². The van der Waals surface area contributed by atoms with Crippen molar-refractivity contribution in [3.05, 3.63) is 27.1 Å². The van der Waals surface area contributed by atoms with Crippen LogP contribution >= 0.6 is 39.9 Å². The van der Waals surface area contributed by atoms with Crippen molar-refractivity contribution < 1.29 is 19.0 Å². The van der Waals surface area contributed by atoms with Gasteiger partial charge in [0.15, 0.2) is 11.5 Å². The summed E-state index contributed by atoms with van der Waals surface area (Å²) in [4.78, 5) is 15.0. The molecule has 0 bridgehead atoms. The molecular weight excluding hydrogens is 462 g/mol. The second-order valence-electron chi connectivity index (χ2n) is 6.18. The van der Waals surface area contributed by atoms with Crippen molar-refractivity contribution in [2.24, 2.45) is 0 Å². The summed E-state index contributed by atoms with van der Waals surface area (Å²) in [5.41, 5.74) is 0.806. The van der Waals surface area contributed by atoms with Gasteiger partial charge in [-0.15, -0.1) is 6.42 Å². The zero-order chi connectivity index (χ0) is 20.1. The van der Waals surface area contributed by atoms with Gasteiger partial charge in [0.2, 0.25) is 0 Å². The number of amides is 1. The zero-order valence-corrected chi connectivity index (χ0v) is 18.6. The van der Waals surface area contributed by atoms with Gasteiger partial charge in [-0.25, -0.2) is 0 Å². The van der Waals surface area contributed by atoms with Gasteiger partial charge in [-0.05, 0) is 59.5 Å². The van der Waals surface area contributed by atoms with Crippen LogP contribution in [0.1, 0.15) is 25.3 Å². The van der Waals surface area contributed by atoms with Gasteiger partial charge in [0.25, 0.3) is 5.91 Å². The van der Waals surface area contributed by atoms with Gasteiger partial charge in [-0.2, -0.15) is 0 Å². The monoisotopic (exact) mass is 481 g/mol. The Labute approximate surface area is 182 Å². The molecule has 2 saturated heterocycles. The lowest BCUT2D eigenvalue weighted by Gasteiger charge is -2.18. The van der Waals surface area contributed by atoms with Crippen LogP contribution in [0.2, 0.25) is 0 Å². The molecule has 8 heteroatoms. The molecule has 0 unspecified atom stereocenters. The number of halogens is 1. The molecule has 0 N–H and O–H groups in total. The summed E-state index contributed by atoms with van der Waals surface area (Å²) in [7, 11) is 0. The van der Waals surface area contributed by atoms with E-state index in [0.717, 1.165) is 25.0 Å². The topological polar surface area (TPSA) is 48.0 Å². The lowest BCUT2D eigenvalue weighted by atomic mass is 10.1. The quantitative estimate of drug-likeness (QED) is 0.329. The molecule has 1 atom stereocenters. The summed E-state index contributed by atoms with van der Waals surface area (Å²) in [6.45, 7) is 3.76. The summed E-state index contributed by atoms with van der Waals surface area (Å²) in [6, 6.07) is 3.69. The lowest BCUT2D eigenvalue weighted by Crippen LogP contribution is -2.35. The molecule has 2 aliphatic rings. The van der Waals surface area contributed by atoms with E-state index in [4.69, 9.17) is 32.9 Å². The van der Waals surface area contributed by atoms with Crippen molar-refractivity contribution >= 4 is 56.2 Å². The predicted octanol–water partition coefficient (Wildman–Crippen LogP) is 4.24. The van der Waals surface area contributed by atoms with E-state index in [1.54, 1.807) is 4.90 Å². The van der Waals surface area contributed by atoms with E-state index in [-0.39, 0.29) is 18.6 Å². The number of rotatable bonds is 7. The Kier molecular flexibility index (Phi) is 7.41. The molecule has 2 aliphatic heterocycles. The summed E-state index contributed by atoms with van der Waals surface area (Å²) in [5.74, 6) is 3.46. The molecule has 28 heavy (non-hydrogen) atoms. The third-order valence-corrected chi connectivity index (χ3v) is 6.18. The number of carbonyl (C=O) groups excluding carboxylic acids is 1. The molecule has 0 aliphatic carbocycles. The predicted molar refractivity (Wildman–Crippen MR) is 118 cm³/mol. The molecule has 1 aromatic rings. The minimum atomic E-state index is -0.0905. The first-order chi connectivity index (χ1) is 13.5. The first-order valence-electron chi connectivity index (χ1n) is 8.93. The van der Waals surface area contributed by atoms with Gasteiger partial charge in [0.05, 0.1) is 28.6 Å². The Morgan fingerprint density at radius 3 is 3.00 bits per heavy atom. The number of nitrogens with zero attached hydrogens (tertiary/aromatic N) is 1. The highest BCUT2D eigenvalue weighted by atomic mass is 79.9. The fourth-order valence-corrected chi connectivity index (χ4v) is 4.84. The summed E-state index contributed by atoms with van der Waals surface area (Å²) >= 11 is 10.2. The molecule has 0 radical (unpaired) electrons. The third-order valence-electron chi connectivity index (χ3n) is 4.21. The minimum Gasteiger partial charge on any atom is -0.490 e. The van der Waals surface area contributed by atoms with E-state index in [0.29, 0.717) is 38.3 Å². The first kappa shape index (κ1) is 21.2. The minimum absolute atomic E-state index is 0.0631.